The van der Waals surface area contributed by atoms with Gasteiger partial charge >= 0.3 is 0 Å². The van der Waals surface area contributed by atoms with E-state index in [4.69, 9.17) is 14.9 Å². The molecule has 1 heterocycles. The summed E-state index contributed by atoms with van der Waals surface area (Å²) >= 11 is 0. The molecule has 214 valence electrons. The zero-order chi connectivity index (χ0) is 29.1. The third-order valence-electron chi connectivity index (χ3n) is 7.42. The molecule has 4 rings (SSSR count). The van der Waals surface area contributed by atoms with E-state index < -0.39 is 0 Å². The van der Waals surface area contributed by atoms with Crippen LogP contribution in [0.5, 0.6) is 17.2 Å². The summed E-state index contributed by atoms with van der Waals surface area (Å²) in [4.78, 5) is 1.52. The van der Waals surface area contributed by atoms with Gasteiger partial charge in [-0.25, -0.2) is 0 Å². The predicted octanol–water partition coefficient (Wildman–Crippen LogP) is 8.83. The van der Waals surface area contributed by atoms with Crippen molar-refractivity contribution in [2.24, 2.45) is 0 Å². The molecule has 0 aliphatic carbocycles. The second-order valence-electron chi connectivity index (χ2n) is 12.8. The van der Waals surface area contributed by atoms with Crippen molar-refractivity contribution in [2.75, 3.05) is 6.61 Å². The number of hydrogen-bond acceptors (Lipinski definition) is 5. The first-order valence-corrected chi connectivity index (χ1v) is 14.6. The first-order chi connectivity index (χ1) is 18.9. The van der Waals surface area contributed by atoms with Gasteiger partial charge in [0, 0.05) is 22.8 Å². The van der Waals surface area contributed by atoms with Crippen LogP contribution in [0.3, 0.4) is 0 Å². The number of aromatic nitrogens is 3. The Bertz CT molecular complexity index is 1460. The zero-order valence-electron chi connectivity index (χ0n) is 25.2. The second kappa shape index (κ2) is 11.9. The molecule has 0 fully saturated rings. The molecule has 0 saturated carbocycles. The van der Waals surface area contributed by atoms with Crippen LogP contribution in [0.25, 0.3) is 27.8 Å². The van der Waals surface area contributed by atoms with Crippen LogP contribution in [0.2, 0.25) is 0 Å². The standard InChI is InChI=1S/C34H45N3O3/c1-8-9-10-11-12-13-19-40-24-17-18-25(30(38)22-24)26-15-14-16-28-31(26)36-37(35-28)29-21-23(33(2,3)4)20-27(32(29)39)34(5,6)7/h14-18,20-22,38-39H,8-13,19H2,1-7H3. The Morgan fingerprint density at radius 1 is 0.775 bits per heavy atom. The maximum Gasteiger partial charge on any atom is 0.146 e. The molecule has 0 atom stereocenters. The van der Waals surface area contributed by atoms with Gasteiger partial charge in [-0.2, -0.15) is 0 Å². The zero-order valence-corrected chi connectivity index (χ0v) is 25.2. The van der Waals surface area contributed by atoms with Crippen LogP contribution in [0.15, 0.2) is 48.5 Å². The fourth-order valence-electron chi connectivity index (χ4n) is 4.94. The predicted molar refractivity (Wildman–Crippen MR) is 164 cm³/mol. The van der Waals surface area contributed by atoms with Crippen molar-refractivity contribution in [3.8, 4) is 34.1 Å². The van der Waals surface area contributed by atoms with Crippen LogP contribution in [-0.2, 0) is 10.8 Å². The minimum Gasteiger partial charge on any atom is -0.507 e. The number of hydrogen-bond donors (Lipinski definition) is 2. The minimum absolute atomic E-state index is 0.120. The Hall–Kier alpha value is -3.54. The molecule has 0 unspecified atom stereocenters. The number of aromatic hydroxyl groups is 2. The van der Waals surface area contributed by atoms with E-state index in [2.05, 4.69) is 54.5 Å². The van der Waals surface area contributed by atoms with Crippen LogP contribution in [-0.4, -0.2) is 31.8 Å². The highest BCUT2D eigenvalue weighted by molar-refractivity contribution is 5.93. The molecule has 3 aromatic carbocycles. The minimum atomic E-state index is -0.261. The highest BCUT2D eigenvalue weighted by atomic mass is 16.5. The fraction of sp³-hybridized carbons (Fsp3) is 0.471. The summed E-state index contributed by atoms with van der Waals surface area (Å²) in [6.45, 7) is 15.6. The summed E-state index contributed by atoms with van der Waals surface area (Å²) in [5.74, 6) is 0.969. The molecule has 0 amide bonds. The lowest BCUT2D eigenvalue weighted by molar-refractivity contribution is 0.303. The average molecular weight is 544 g/mol. The van der Waals surface area contributed by atoms with Crippen molar-refractivity contribution in [3.63, 3.8) is 0 Å². The monoisotopic (exact) mass is 543 g/mol. The van der Waals surface area contributed by atoms with Crippen molar-refractivity contribution in [1.29, 1.82) is 0 Å². The second-order valence-corrected chi connectivity index (χ2v) is 12.8. The SMILES string of the molecule is CCCCCCCCOc1ccc(-c2cccc3nn(-c4cc(C(C)(C)C)cc(C(C)(C)C)c4O)nc23)c(O)c1. The smallest absolute Gasteiger partial charge is 0.146 e. The van der Waals surface area contributed by atoms with Crippen molar-refractivity contribution >= 4 is 11.0 Å². The van der Waals surface area contributed by atoms with E-state index in [9.17, 15) is 10.2 Å². The lowest BCUT2D eigenvalue weighted by Crippen LogP contribution is -2.18. The number of unbranched alkanes of at least 4 members (excludes halogenated alkanes) is 5. The third-order valence-corrected chi connectivity index (χ3v) is 7.42. The van der Waals surface area contributed by atoms with E-state index in [1.54, 1.807) is 6.07 Å². The maximum absolute atomic E-state index is 11.3. The summed E-state index contributed by atoms with van der Waals surface area (Å²) < 4.78 is 5.90. The summed E-state index contributed by atoms with van der Waals surface area (Å²) in [5.41, 5.74) is 4.87. The van der Waals surface area contributed by atoms with Gasteiger partial charge in [0.15, 0.2) is 0 Å². The summed E-state index contributed by atoms with van der Waals surface area (Å²) in [6, 6.07) is 15.2. The first-order valence-electron chi connectivity index (χ1n) is 14.6. The Labute approximate surface area is 239 Å². The number of nitrogens with zero attached hydrogens (tertiary/aromatic N) is 3. The van der Waals surface area contributed by atoms with E-state index in [0.717, 1.165) is 29.5 Å². The number of phenols is 2. The van der Waals surface area contributed by atoms with E-state index in [1.807, 2.05) is 36.4 Å². The molecule has 6 heteroatoms. The van der Waals surface area contributed by atoms with Gasteiger partial charge < -0.3 is 14.9 Å². The van der Waals surface area contributed by atoms with Crippen LogP contribution in [0.4, 0.5) is 0 Å². The lowest BCUT2D eigenvalue weighted by Gasteiger charge is -2.27. The van der Waals surface area contributed by atoms with Gasteiger partial charge in [0.2, 0.25) is 0 Å². The summed E-state index contributed by atoms with van der Waals surface area (Å²) in [6.07, 6.45) is 7.22. The van der Waals surface area contributed by atoms with Gasteiger partial charge in [0.25, 0.3) is 0 Å². The normalized spacial score (nSPS) is 12.3. The van der Waals surface area contributed by atoms with Crippen LogP contribution < -0.4 is 4.74 Å². The van der Waals surface area contributed by atoms with Gasteiger partial charge in [0.05, 0.1) is 6.61 Å². The molecule has 2 N–H and O–H groups in total. The van der Waals surface area contributed by atoms with Gasteiger partial charge in [-0.05, 0) is 47.1 Å². The maximum atomic E-state index is 11.3. The van der Waals surface area contributed by atoms with Crippen molar-refractivity contribution in [1.82, 2.24) is 15.0 Å². The molecule has 0 bridgehead atoms. The molecule has 40 heavy (non-hydrogen) atoms. The summed E-state index contributed by atoms with van der Waals surface area (Å²) in [7, 11) is 0. The molecule has 0 radical (unpaired) electrons. The van der Waals surface area contributed by atoms with E-state index in [-0.39, 0.29) is 22.3 Å². The highest BCUT2D eigenvalue weighted by Crippen LogP contribution is 2.40. The lowest BCUT2D eigenvalue weighted by atomic mass is 9.80. The number of benzene rings is 3. The quantitative estimate of drug-likeness (QED) is 0.195. The molecule has 0 saturated heterocycles. The van der Waals surface area contributed by atoms with Crippen LogP contribution >= 0.6 is 0 Å². The van der Waals surface area contributed by atoms with Crippen molar-refractivity contribution in [3.05, 3.63) is 59.7 Å². The average Bonchev–Trinajstić information content (AvgIpc) is 3.31. The number of rotatable bonds is 10. The van der Waals surface area contributed by atoms with Crippen molar-refractivity contribution < 1.29 is 14.9 Å². The molecule has 0 aliphatic heterocycles. The van der Waals surface area contributed by atoms with E-state index >= 15 is 0 Å². The van der Waals surface area contributed by atoms with Gasteiger partial charge in [-0.3, -0.25) is 0 Å². The topological polar surface area (TPSA) is 80.4 Å². The Balaban J connectivity index is 1.65. The molecular formula is C34H45N3O3. The molecular weight excluding hydrogens is 498 g/mol. The highest BCUT2D eigenvalue weighted by Gasteiger charge is 2.26. The molecule has 1 aromatic heterocycles. The number of ether oxygens (including phenoxy) is 1. The van der Waals surface area contributed by atoms with Crippen LogP contribution in [0, 0.1) is 0 Å². The Morgan fingerprint density at radius 2 is 1.50 bits per heavy atom. The third kappa shape index (κ3) is 6.60. The Kier molecular flexibility index (Phi) is 8.77. The van der Waals surface area contributed by atoms with E-state index in [1.165, 1.54) is 30.5 Å². The molecule has 4 aromatic rings. The fourth-order valence-corrected chi connectivity index (χ4v) is 4.94. The number of phenolic OH excluding ortho intramolecular Hbond substituents is 2. The summed E-state index contributed by atoms with van der Waals surface area (Å²) in [5, 5.41) is 31.9. The van der Waals surface area contributed by atoms with Gasteiger partial charge in [0.1, 0.15) is 34.0 Å². The molecule has 0 aliphatic rings. The van der Waals surface area contributed by atoms with Crippen LogP contribution in [0.1, 0.15) is 98.1 Å². The molecule has 0 spiro atoms. The number of fused-ring (bicyclic) bond motifs is 1. The van der Waals surface area contributed by atoms with Crippen molar-refractivity contribution in [2.45, 2.75) is 97.8 Å². The van der Waals surface area contributed by atoms with Gasteiger partial charge in [-0.15, -0.1) is 15.0 Å². The van der Waals surface area contributed by atoms with E-state index in [0.29, 0.717) is 34.6 Å². The molecule has 6 nitrogen and oxygen atoms in total. The largest absolute Gasteiger partial charge is 0.507 e. The van der Waals surface area contributed by atoms with Gasteiger partial charge in [-0.1, -0.05) is 98.8 Å². The Morgan fingerprint density at radius 3 is 2.17 bits per heavy atom. The first kappa shape index (κ1) is 29.4.